The molecule has 4 rings (SSSR count). The summed E-state index contributed by atoms with van der Waals surface area (Å²) in [6, 6.07) is 16.6. The van der Waals surface area contributed by atoms with Crippen molar-refractivity contribution in [2.24, 2.45) is 0 Å². The van der Waals surface area contributed by atoms with Gasteiger partial charge >= 0.3 is 6.03 Å². The van der Waals surface area contributed by atoms with Crippen LogP contribution in [0.2, 0.25) is 0 Å². The van der Waals surface area contributed by atoms with E-state index in [0.29, 0.717) is 12.1 Å². The zero-order valence-corrected chi connectivity index (χ0v) is 17.8. The van der Waals surface area contributed by atoms with Crippen LogP contribution >= 0.6 is 0 Å². The molecule has 2 aliphatic rings. The van der Waals surface area contributed by atoms with Crippen LogP contribution in [0.5, 0.6) is 0 Å². The molecule has 7 heteroatoms. The number of rotatable bonds is 6. The molecule has 2 N–H and O–H groups in total. The van der Waals surface area contributed by atoms with Gasteiger partial charge in [-0.25, -0.2) is 4.79 Å². The average molecular weight is 421 g/mol. The van der Waals surface area contributed by atoms with Crippen molar-refractivity contribution in [1.29, 1.82) is 0 Å². The fraction of sp³-hybridized carbons (Fsp3) is 0.375. The van der Waals surface area contributed by atoms with Crippen LogP contribution in [0.4, 0.5) is 10.5 Å². The van der Waals surface area contributed by atoms with Gasteiger partial charge in [-0.15, -0.1) is 0 Å². The van der Waals surface area contributed by atoms with E-state index >= 15 is 0 Å². The summed E-state index contributed by atoms with van der Waals surface area (Å²) in [7, 11) is 0. The van der Waals surface area contributed by atoms with Gasteiger partial charge in [0.1, 0.15) is 12.1 Å². The first kappa shape index (κ1) is 20.9. The van der Waals surface area contributed by atoms with Gasteiger partial charge < -0.3 is 15.5 Å². The predicted molar refractivity (Wildman–Crippen MR) is 118 cm³/mol. The van der Waals surface area contributed by atoms with Gasteiger partial charge in [-0.2, -0.15) is 0 Å². The number of amides is 4. The van der Waals surface area contributed by atoms with Crippen molar-refractivity contribution in [2.45, 2.75) is 38.3 Å². The third kappa shape index (κ3) is 4.40. The largest absolute Gasteiger partial charge is 0.372 e. The Labute approximate surface area is 182 Å². The lowest BCUT2D eigenvalue weighted by atomic mass is 9.92. The Hall–Kier alpha value is -3.35. The normalized spacial score (nSPS) is 21.2. The van der Waals surface area contributed by atoms with Gasteiger partial charge in [-0.1, -0.05) is 42.5 Å². The monoisotopic (exact) mass is 420 g/mol. The summed E-state index contributed by atoms with van der Waals surface area (Å²) in [6.45, 7) is 3.82. The standard InChI is InChI=1S/C24H28N4O3/c1-24(19-10-4-2-5-11-19)22(30)28(23(31)26-24)17-21(29)25-16-18-9-8-12-20(15-18)27-13-6-3-7-14-27/h2,4-5,8-12,15H,3,6-7,13-14,16-17H2,1H3,(H,25,29)(H,26,31)/t24-/m0/s1. The lowest BCUT2D eigenvalue weighted by molar-refractivity contribution is -0.134. The first-order valence-electron chi connectivity index (χ1n) is 10.8. The zero-order chi connectivity index (χ0) is 21.8. The molecule has 2 heterocycles. The average Bonchev–Trinajstić information content (AvgIpc) is 3.03. The highest BCUT2D eigenvalue weighted by Crippen LogP contribution is 2.28. The van der Waals surface area contributed by atoms with Crippen LogP contribution in [0.25, 0.3) is 0 Å². The van der Waals surface area contributed by atoms with E-state index in [2.05, 4.69) is 27.7 Å². The number of anilines is 1. The van der Waals surface area contributed by atoms with Crippen LogP contribution in [0, 0.1) is 0 Å². The van der Waals surface area contributed by atoms with Crippen LogP contribution in [0.15, 0.2) is 54.6 Å². The number of hydrogen-bond donors (Lipinski definition) is 2. The van der Waals surface area contributed by atoms with Gasteiger partial charge in [0, 0.05) is 25.3 Å². The van der Waals surface area contributed by atoms with Gasteiger partial charge in [0.2, 0.25) is 5.91 Å². The van der Waals surface area contributed by atoms with Gasteiger partial charge in [-0.05, 0) is 49.4 Å². The minimum Gasteiger partial charge on any atom is -0.372 e. The maximum atomic E-state index is 12.9. The predicted octanol–water partition coefficient (Wildman–Crippen LogP) is 2.76. The molecule has 2 fully saturated rings. The Morgan fingerprint density at radius 2 is 1.77 bits per heavy atom. The second-order valence-electron chi connectivity index (χ2n) is 8.31. The van der Waals surface area contributed by atoms with Gasteiger partial charge in [-0.3, -0.25) is 14.5 Å². The second kappa shape index (κ2) is 8.79. The topological polar surface area (TPSA) is 81.8 Å². The summed E-state index contributed by atoms with van der Waals surface area (Å²) in [6.07, 6.45) is 3.68. The molecule has 2 saturated heterocycles. The molecule has 2 aromatic rings. The number of carbonyl (C=O) groups is 3. The van der Waals surface area contributed by atoms with Crippen molar-refractivity contribution < 1.29 is 14.4 Å². The summed E-state index contributed by atoms with van der Waals surface area (Å²) in [5, 5.41) is 5.55. The molecule has 0 bridgehead atoms. The molecule has 0 aromatic heterocycles. The summed E-state index contributed by atoms with van der Waals surface area (Å²) in [4.78, 5) is 41.2. The number of benzene rings is 2. The Balaban J connectivity index is 1.36. The highest BCUT2D eigenvalue weighted by Gasteiger charge is 2.49. The molecule has 0 radical (unpaired) electrons. The Bertz CT molecular complexity index is 972. The Morgan fingerprint density at radius 1 is 1.03 bits per heavy atom. The lowest BCUT2D eigenvalue weighted by Gasteiger charge is -2.29. The molecule has 7 nitrogen and oxygen atoms in total. The van der Waals surface area contributed by atoms with Gasteiger partial charge in [0.25, 0.3) is 5.91 Å². The Morgan fingerprint density at radius 3 is 2.52 bits per heavy atom. The second-order valence-corrected chi connectivity index (χ2v) is 8.31. The zero-order valence-electron chi connectivity index (χ0n) is 17.8. The van der Waals surface area contributed by atoms with Crippen LogP contribution in [-0.2, 0) is 21.7 Å². The maximum absolute atomic E-state index is 12.9. The third-order valence-corrected chi connectivity index (χ3v) is 6.05. The number of nitrogens with one attached hydrogen (secondary N) is 2. The van der Waals surface area contributed by atoms with E-state index in [-0.39, 0.29) is 12.5 Å². The number of carbonyl (C=O) groups excluding carboxylic acids is 3. The molecule has 0 saturated carbocycles. The molecule has 31 heavy (non-hydrogen) atoms. The number of hydrogen-bond acceptors (Lipinski definition) is 4. The fourth-order valence-corrected chi connectivity index (χ4v) is 4.22. The van der Waals surface area contributed by atoms with E-state index in [1.807, 2.05) is 30.3 Å². The molecular weight excluding hydrogens is 392 g/mol. The molecule has 0 aliphatic carbocycles. The van der Waals surface area contributed by atoms with Crippen LogP contribution in [-0.4, -0.2) is 42.4 Å². The molecule has 4 amide bonds. The lowest BCUT2D eigenvalue weighted by Crippen LogP contribution is -2.43. The van der Waals surface area contributed by atoms with Crippen molar-refractivity contribution in [3.63, 3.8) is 0 Å². The maximum Gasteiger partial charge on any atom is 0.325 e. The van der Waals surface area contributed by atoms with Crippen LogP contribution < -0.4 is 15.5 Å². The molecule has 2 aliphatic heterocycles. The van der Waals surface area contributed by atoms with Crippen molar-refractivity contribution in [2.75, 3.05) is 24.5 Å². The summed E-state index contributed by atoms with van der Waals surface area (Å²) in [5.41, 5.74) is 1.68. The number of piperidine rings is 1. The first-order chi connectivity index (χ1) is 15.0. The van der Waals surface area contributed by atoms with E-state index in [1.54, 1.807) is 19.1 Å². The quantitative estimate of drug-likeness (QED) is 0.704. The molecule has 0 unspecified atom stereocenters. The summed E-state index contributed by atoms with van der Waals surface area (Å²) >= 11 is 0. The highest BCUT2D eigenvalue weighted by atomic mass is 16.2. The molecule has 2 aromatic carbocycles. The number of nitrogens with zero attached hydrogens (tertiary/aromatic N) is 2. The molecule has 162 valence electrons. The Kier molecular flexibility index (Phi) is 5.93. The van der Waals surface area contributed by atoms with Gasteiger partial charge in [0.05, 0.1) is 0 Å². The van der Waals surface area contributed by atoms with Crippen molar-refractivity contribution in [3.8, 4) is 0 Å². The SMILES string of the molecule is C[C@@]1(c2ccccc2)NC(=O)N(CC(=O)NCc2cccc(N3CCCCC3)c2)C1=O. The van der Waals surface area contributed by atoms with E-state index in [1.165, 1.54) is 24.9 Å². The van der Waals surface area contributed by atoms with Gasteiger partial charge in [0.15, 0.2) is 0 Å². The highest BCUT2D eigenvalue weighted by molar-refractivity contribution is 6.09. The number of urea groups is 1. The van der Waals surface area contributed by atoms with Crippen LogP contribution in [0.3, 0.4) is 0 Å². The van der Waals surface area contributed by atoms with E-state index in [9.17, 15) is 14.4 Å². The first-order valence-corrected chi connectivity index (χ1v) is 10.8. The molecule has 1 atom stereocenters. The summed E-state index contributed by atoms with van der Waals surface area (Å²) in [5.74, 6) is -0.796. The van der Waals surface area contributed by atoms with Crippen molar-refractivity contribution in [3.05, 3.63) is 65.7 Å². The summed E-state index contributed by atoms with van der Waals surface area (Å²) < 4.78 is 0. The molecular formula is C24H28N4O3. The minimum atomic E-state index is -1.17. The smallest absolute Gasteiger partial charge is 0.325 e. The van der Waals surface area contributed by atoms with E-state index in [4.69, 9.17) is 0 Å². The van der Waals surface area contributed by atoms with Crippen molar-refractivity contribution >= 4 is 23.5 Å². The number of imide groups is 1. The van der Waals surface area contributed by atoms with E-state index < -0.39 is 17.5 Å². The van der Waals surface area contributed by atoms with E-state index in [0.717, 1.165) is 23.6 Å². The van der Waals surface area contributed by atoms with Crippen molar-refractivity contribution in [1.82, 2.24) is 15.5 Å². The minimum absolute atomic E-state index is 0.307. The third-order valence-electron chi connectivity index (χ3n) is 6.05. The fourth-order valence-electron chi connectivity index (χ4n) is 4.22. The van der Waals surface area contributed by atoms with Crippen LogP contribution in [0.1, 0.15) is 37.3 Å². The molecule has 0 spiro atoms.